The number of anilines is 4. The summed E-state index contributed by atoms with van der Waals surface area (Å²) in [6.07, 6.45) is 0. The van der Waals surface area contributed by atoms with Crippen LogP contribution in [0.25, 0.3) is 21.5 Å². The van der Waals surface area contributed by atoms with E-state index in [4.69, 9.17) is 0 Å². The predicted molar refractivity (Wildman–Crippen MR) is 202 cm³/mol. The van der Waals surface area contributed by atoms with Gasteiger partial charge in [0.05, 0.1) is 11.4 Å². The molecule has 6 aromatic rings. The number of aromatic hydroxyl groups is 2. The maximum Gasteiger partial charge on any atom is 0.323 e. The van der Waals surface area contributed by atoms with E-state index in [-0.39, 0.29) is 55.4 Å². The standard InChI is InChI=1S/C37H30N4O11S2/c1-19-11-13-21(15-27(19)35(44)40-29-17-31(53(47,48)49)23-7-3-5-9-25(23)33(29)42)38-37(46)39-22-14-12-20(2)28(16-22)36(45)41-30-18-32(54(50,51)52)24-8-4-6-10-26(24)34(30)43/h3-18,42-43H,1-2H3,(H,40,44)(H,41,45)(H2,38,39,46)(H,47,48,49)(H,50,51,52). The van der Waals surface area contributed by atoms with Gasteiger partial charge in [-0.25, -0.2) is 4.79 Å². The number of urea groups is 1. The summed E-state index contributed by atoms with van der Waals surface area (Å²) in [5.74, 6) is -2.39. The molecule has 0 unspecified atom stereocenters. The van der Waals surface area contributed by atoms with Gasteiger partial charge in [0.25, 0.3) is 32.1 Å². The molecule has 0 aromatic heterocycles. The van der Waals surface area contributed by atoms with E-state index in [1.165, 1.54) is 60.7 Å². The van der Waals surface area contributed by atoms with Crippen molar-refractivity contribution in [1.29, 1.82) is 0 Å². The van der Waals surface area contributed by atoms with Crippen molar-refractivity contribution in [3.05, 3.63) is 119 Å². The molecule has 0 saturated carbocycles. The molecular formula is C37H30N4O11S2. The number of phenols is 2. The zero-order valence-corrected chi connectivity index (χ0v) is 29.8. The molecule has 54 heavy (non-hydrogen) atoms. The Balaban J connectivity index is 1.20. The molecule has 8 N–H and O–H groups in total. The number of rotatable bonds is 8. The molecule has 0 saturated heterocycles. The minimum atomic E-state index is -4.74. The number of hydrogen-bond donors (Lipinski definition) is 8. The zero-order chi connectivity index (χ0) is 39.1. The second-order valence-corrected chi connectivity index (χ2v) is 14.9. The highest BCUT2D eigenvalue weighted by Gasteiger charge is 2.23. The number of carbonyl (C=O) groups is 3. The lowest BCUT2D eigenvalue weighted by Gasteiger charge is -2.15. The maximum atomic E-state index is 13.4. The number of aryl methyl sites for hydroxylation is 2. The van der Waals surface area contributed by atoms with Gasteiger partial charge >= 0.3 is 6.03 Å². The smallest absolute Gasteiger partial charge is 0.323 e. The molecular weight excluding hydrogens is 741 g/mol. The van der Waals surface area contributed by atoms with Crippen LogP contribution in [0.15, 0.2) is 107 Å². The average molecular weight is 771 g/mol. The molecule has 15 nitrogen and oxygen atoms in total. The summed E-state index contributed by atoms with van der Waals surface area (Å²) < 4.78 is 68.0. The summed E-state index contributed by atoms with van der Waals surface area (Å²) in [6.45, 7) is 3.23. The van der Waals surface area contributed by atoms with E-state index >= 15 is 0 Å². The van der Waals surface area contributed by atoms with Gasteiger partial charge in [-0.1, -0.05) is 60.7 Å². The van der Waals surface area contributed by atoms with Crippen LogP contribution in [0.3, 0.4) is 0 Å². The summed E-state index contributed by atoms with van der Waals surface area (Å²) in [5.41, 5.74) is 0.793. The highest BCUT2D eigenvalue weighted by atomic mass is 32.2. The minimum Gasteiger partial charge on any atom is -0.505 e. The van der Waals surface area contributed by atoms with Crippen LogP contribution in [-0.4, -0.2) is 54.0 Å². The van der Waals surface area contributed by atoms with Crippen molar-refractivity contribution >= 4 is 82.4 Å². The van der Waals surface area contributed by atoms with Crippen molar-refractivity contribution < 1.29 is 50.5 Å². The molecule has 0 bridgehead atoms. The number of hydrogen-bond acceptors (Lipinski definition) is 9. The fourth-order valence-electron chi connectivity index (χ4n) is 5.83. The monoisotopic (exact) mass is 770 g/mol. The van der Waals surface area contributed by atoms with E-state index in [2.05, 4.69) is 21.3 Å². The Bertz CT molecular complexity index is 2600. The number of benzene rings is 6. The molecule has 276 valence electrons. The molecule has 0 fully saturated rings. The van der Waals surface area contributed by atoms with Gasteiger partial charge in [0.2, 0.25) is 0 Å². The Morgan fingerprint density at radius 1 is 0.500 bits per heavy atom. The first kappa shape index (κ1) is 37.2. The molecule has 0 spiro atoms. The Morgan fingerprint density at radius 2 is 0.852 bits per heavy atom. The average Bonchev–Trinajstić information content (AvgIpc) is 3.11. The normalized spacial score (nSPS) is 11.6. The van der Waals surface area contributed by atoms with Gasteiger partial charge in [-0.3, -0.25) is 18.7 Å². The molecule has 0 aliphatic heterocycles. The molecule has 4 amide bonds. The lowest BCUT2D eigenvalue weighted by atomic mass is 10.1. The first-order valence-electron chi connectivity index (χ1n) is 15.8. The van der Waals surface area contributed by atoms with Gasteiger partial charge in [0, 0.05) is 44.0 Å². The van der Waals surface area contributed by atoms with Crippen molar-refractivity contribution in [2.75, 3.05) is 21.3 Å². The van der Waals surface area contributed by atoms with E-state index in [0.29, 0.717) is 11.1 Å². The summed E-state index contributed by atoms with van der Waals surface area (Å²) in [4.78, 5) is 38.7. The molecule has 17 heteroatoms. The van der Waals surface area contributed by atoms with Crippen LogP contribution in [0.4, 0.5) is 27.5 Å². The molecule has 0 heterocycles. The van der Waals surface area contributed by atoms with Crippen molar-refractivity contribution in [2.45, 2.75) is 23.6 Å². The number of nitrogens with one attached hydrogen (secondary N) is 4. The van der Waals surface area contributed by atoms with Crippen molar-refractivity contribution in [3.8, 4) is 11.5 Å². The minimum absolute atomic E-state index is 0.0451. The molecule has 0 atom stereocenters. The van der Waals surface area contributed by atoms with Crippen LogP contribution in [0.5, 0.6) is 11.5 Å². The highest BCUT2D eigenvalue weighted by molar-refractivity contribution is 7.86. The van der Waals surface area contributed by atoms with E-state index < -0.39 is 59.4 Å². The fraction of sp³-hybridized carbons (Fsp3) is 0.0541. The maximum absolute atomic E-state index is 13.4. The number of carbonyl (C=O) groups excluding carboxylic acids is 3. The lowest BCUT2D eigenvalue weighted by molar-refractivity contribution is 0.101. The zero-order valence-electron chi connectivity index (χ0n) is 28.2. The van der Waals surface area contributed by atoms with Crippen molar-refractivity contribution in [1.82, 2.24) is 0 Å². The van der Waals surface area contributed by atoms with Gasteiger partial charge in [0.15, 0.2) is 0 Å². The van der Waals surface area contributed by atoms with Crippen molar-refractivity contribution in [2.24, 2.45) is 0 Å². The summed E-state index contributed by atoms with van der Waals surface area (Å²) >= 11 is 0. The van der Waals surface area contributed by atoms with Crippen LogP contribution in [0, 0.1) is 13.8 Å². The summed E-state index contributed by atoms with van der Waals surface area (Å²) in [5, 5.41) is 32.0. The first-order chi connectivity index (χ1) is 25.4. The van der Waals surface area contributed by atoms with Crippen LogP contribution in [0.1, 0.15) is 31.8 Å². The van der Waals surface area contributed by atoms with Gasteiger partial charge < -0.3 is 31.5 Å². The molecule has 0 aliphatic carbocycles. The van der Waals surface area contributed by atoms with E-state index in [9.17, 15) is 50.5 Å². The summed E-state index contributed by atoms with van der Waals surface area (Å²) in [7, 11) is -9.48. The first-order valence-corrected chi connectivity index (χ1v) is 18.7. The molecule has 0 radical (unpaired) electrons. The number of fused-ring (bicyclic) bond motifs is 2. The predicted octanol–water partition coefficient (Wildman–Crippen LogP) is 6.66. The van der Waals surface area contributed by atoms with Gasteiger partial charge in [0.1, 0.15) is 21.3 Å². The largest absolute Gasteiger partial charge is 0.505 e. The SMILES string of the molecule is Cc1ccc(NC(=O)Nc2ccc(C)c(C(=O)Nc3cc(S(=O)(=O)O)c4ccccc4c3O)c2)cc1C(=O)Nc1cc(S(=O)(=O)O)c2ccccc2c1O. The Hall–Kier alpha value is -6.53. The summed E-state index contributed by atoms with van der Waals surface area (Å²) in [6, 6.07) is 21.7. The van der Waals surface area contributed by atoms with Gasteiger partial charge in [-0.2, -0.15) is 16.8 Å². The van der Waals surface area contributed by atoms with E-state index in [1.54, 1.807) is 38.1 Å². The Kier molecular flexibility index (Phi) is 9.74. The van der Waals surface area contributed by atoms with Gasteiger partial charge in [-0.15, -0.1) is 0 Å². The Morgan fingerprint density at radius 3 is 1.20 bits per heavy atom. The van der Waals surface area contributed by atoms with Gasteiger partial charge in [-0.05, 0) is 61.4 Å². The quantitative estimate of drug-likeness (QED) is 0.0600. The third kappa shape index (κ3) is 7.50. The van der Waals surface area contributed by atoms with Crippen LogP contribution >= 0.6 is 0 Å². The van der Waals surface area contributed by atoms with Crippen LogP contribution < -0.4 is 21.3 Å². The third-order valence-corrected chi connectivity index (χ3v) is 10.3. The third-order valence-electron chi connectivity index (χ3n) is 8.49. The highest BCUT2D eigenvalue weighted by Crippen LogP contribution is 2.39. The number of phenolic OH excluding ortho intramolecular Hbond substituents is 2. The topological polar surface area (TPSA) is 249 Å². The van der Waals surface area contributed by atoms with Crippen LogP contribution in [0.2, 0.25) is 0 Å². The second-order valence-electron chi connectivity index (χ2n) is 12.1. The molecule has 6 aromatic carbocycles. The number of amides is 4. The van der Waals surface area contributed by atoms with Crippen molar-refractivity contribution in [3.63, 3.8) is 0 Å². The fourth-order valence-corrected chi connectivity index (χ4v) is 7.28. The van der Waals surface area contributed by atoms with E-state index in [1.807, 2.05) is 0 Å². The van der Waals surface area contributed by atoms with Crippen LogP contribution in [-0.2, 0) is 20.2 Å². The lowest BCUT2D eigenvalue weighted by Crippen LogP contribution is -2.21. The second kappa shape index (κ2) is 14.1. The molecule has 0 aliphatic rings. The Labute approximate surface area is 307 Å². The molecule has 6 rings (SSSR count). The van der Waals surface area contributed by atoms with E-state index in [0.717, 1.165) is 12.1 Å².